The lowest BCUT2D eigenvalue weighted by Crippen LogP contribution is -2.27. The van der Waals surface area contributed by atoms with Crippen LogP contribution in [-0.4, -0.2) is 46.3 Å². The Hall–Kier alpha value is -2.34. The van der Waals surface area contributed by atoms with Crippen LogP contribution in [0.5, 0.6) is 0 Å². The molecule has 0 bridgehead atoms. The molecular formula is C19H21ClN4O2. The number of aromatic amines is 1. The highest BCUT2D eigenvalue weighted by Crippen LogP contribution is 2.25. The Kier molecular flexibility index (Phi) is 4.68. The number of aromatic nitrogens is 2. The molecule has 0 saturated carbocycles. The summed E-state index contributed by atoms with van der Waals surface area (Å²) in [5.41, 5.74) is 2.48. The van der Waals surface area contributed by atoms with Gasteiger partial charge >= 0.3 is 0 Å². The number of rotatable bonds is 4. The number of fused-ring (bicyclic) bond motifs is 1. The number of imidazole rings is 1. The van der Waals surface area contributed by atoms with Gasteiger partial charge in [0.25, 0.3) is 5.91 Å². The number of halogens is 1. The Morgan fingerprint density at radius 3 is 2.77 bits per heavy atom. The first-order valence-corrected chi connectivity index (χ1v) is 9.37. The van der Waals surface area contributed by atoms with Gasteiger partial charge in [-0.05, 0) is 30.5 Å². The SMILES string of the molecule is O=C1NCC(c2ccc(Cl)cc2)Cc2[nH]c(CCN3CCCC3=O)nc21. The summed E-state index contributed by atoms with van der Waals surface area (Å²) in [5.74, 6) is 1.00. The lowest BCUT2D eigenvalue weighted by Gasteiger charge is -2.15. The van der Waals surface area contributed by atoms with Gasteiger partial charge in [-0.3, -0.25) is 9.59 Å². The van der Waals surface area contributed by atoms with Gasteiger partial charge in [0.1, 0.15) is 11.5 Å². The molecule has 0 aliphatic carbocycles. The first kappa shape index (κ1) is 17.1. The highest BCUT2D eigenvalue weighted by atomic mass is 35.5. The summed E-state index contributed by atoms with van der Waals surface area (Å²) >= 11 is 5.98. The molecule has 6 nitrogen and oxygen atoms in total. The Balaban J connectivity index is 1.50. The molecule has 3 heterocycles. The maximum atomic E-state index is 12.4. The fourth-order valence-corrected chi connectivity index (χ4v) is 3.81. The van der Waals surface area contributed by atoms with E-state index in [1.807, 2.05) is 29.2 Å². The minimum absolute atomic E-state index is 0.142. The summed E-state index contributed by atoms with van der Waals surface area (Å²) in [5, 5.41) is 3.66. The fraction of sp³-hybridized carbons (Fsp3) is 0.421. The topological polar surface area (TPSA) is 78.1 Å². The molecule has 1 saturated heterocycles. The van der Waals surface area contributed by atoms with Gasteiger partial charge in [0.2, 0.25) is 5.91 Å². The molecular weight excluding hydrogens is 352 g/mol. The quantitative estimate of drug-likeness (QED) is 0.864. The van der Waals surface area contributed by atoms with Gasteiger partial charge in [-0.2, -0.15) is 0 Å². The van der Waals surface area contributed by atoms with Crippen molar-refractivity contribution in [2.75, 3.05) is 19.6 Å². The second kappa shape index (κ2) is 7.11. The number of carbonyl (C=O) groups is 2. The van der Waals surface area contributed by atoms with Gasteiger partial charge in [0.05, 0.1) is 0 Å². The molecule has 136 valence electrons. The van der Waals surface area contributed by atoms with E-state index in [1.54, 1.807) is 0 Å². The van der Waals surface area contributed by atoms with E-state index in [0.717, 1.165) is 30.0 Å². The van der Waals surface area contributed by atoms with E-state index in [4.69, 9.17) is 11.6 Å². The van der Waals surface area contributed by atoms with E-state index in [2.05, 4.69) is 15.3 Å². The number of likely N-dealkylation sites (tertiary alicyclic amines) is 1. The summed E-state index contributed by atoms with van der Waals surface area (Å²) < 4.78 is 0. The zero-order valence-electron chi connectivity index (χ0n) is 14.4. The van der Waals surface area contributed by atoms with Crippen LogP contribution < -0.4 is 5.32 Å². The number of amides is 2. The van der Waals surface area contributed by atoms with Crippen molar-refractivity contribution in [2.24, 2.45) is 0 Å². The highest BCUT2D eigenvalue weighted by Gasteiger charge is 2.27. The van der Waals surface area contributed by atoms with Crippen LogP contribution in [0.4, 0.5) is 0 Å². The normalized spacial score (nSPS) is 20.0. The van der Waals surface area contributed by atoms with Crippen molar-refractivity contribution in [3.05, 3.63) is 52.1 Å². The number of hydrogen-bond donors (Lipinski definition) is 2. The molecule has 0 spiro atoms. The largest absolute Gasteiger partial charge is 0.350 e. The third-order valence-corrected chi connectivity index (χ3v) is 5.39. The second-order valence-corrected chi connectivity index (χ2v) is 7.34. The lowest BCUT2D eigenvalue weighted by atomic mass is 9.94. The Bertz CT molecular complexity index is 831. The number of carbonyl (C=O) groups excluding carboxylic acids is 2. The number of nitrogens with one attached hydrogen (secondary N) is 2. The molecule has 1 atom stereocenters. The highest BCUT2D eigenvalue weighted by molar-refractivity contribution is 6.30. The number of H-pyrrole nitrogens is 1. The monoisotopic (exact) mass is 372 g/mol. The van der Waals surface area contributed by atoms with Gasteiger partial charge in [-0.1, -0.05) is 23.7 Å². The van der Waals surface area contributed by atoms with E-state index < -0.39 is 0 Å². The van der Waals surface area contributed by atoms with E-state index >= 15 is 0 Å². The average molecular weight is 373 g/mol. The van der Waals surface area contributed by atoms with Crippen LogP contribution in [0, 0.1) is 0 Å². The zero-order valence-corrected chi connectivity index (χ0v) is 15.2. The lowest BCUT2D eigenvalue weighted by molar-refractivity contribution is -0.127. The summed E-state index contributed by atoms with van der Waals surface area (Å²) in [4.78, 5) is 33.8. The molecule has 4 rings (SSSR count). The van der Waals surface area contributed by atoms with Crippen molar-refractivity contribution in [3.63, 3.8) is 0 Å². The van der Waals surface area contributed by atoms with Gasteiger partial charge < -0.3 is 15.2 Å². The standard InChI is InChI=1S/C19H21ClN4O2/c20-14-5-3-12(4-6-14)13-10-15-18(19(26)21-11-13)23-16(22-15)7-9-24-8-1-2-17(24)25/h3-6,13H,1-2,7-11H2,(H,21,26)(H,22,23). The summed E-state index contributed by atoms with van der Waals surface area (Å²) in [7, 11) is 0. The molecule has 2 aromatic rings. The maximum absolute atomic E-state index is 12.4. The van der Waals surface area contributed by atoms with E-state index in [0.29, 0.717) is 43.1 Å². The van der Waals surface area contributed by atoms with Crippen LogP contribution in [0.15, 0.2) is 24.3 Å². The van der Waals surface area contributed by atoms with Gasteiger partial charge in [-0.15, -0.1) is 0 Å². The van der Waals surface area contributed by atoms with Gasteiger partial charge in [-0.25, -0.2) is 4.98 Å². The number of benzene rings is 1. The molecule has 2 aliphatic rings. The summed E-state index contributed by atoms with van der Waals surface area (Å²) in [6, 6.07) is 7.74. The molecule has 26 heavy (non-hydrogen) atoms. The molecule has 1 unspecified atom stereocenters. The van der Waals surface area contributed by atoms with Crippen molar-refractivity contribution in [3.8, 4) is 0 Å². The third-order valence-electron chi connectivity index (χ3n) is 5.13. The molecule has 2 N–H and O–H groups in total. The van der Waals surface area contributed by atoms with Crippen LogP contribution in [0.3, 0.4) is 0 Å². The minimum Gasteiger partial charge on any atom is -0.350 e. The summed E-state index contributed by atoms with van der Waals surface area (Å²) in [6.07, 6.45) is 2.92. The van der Waals surface area contributed by atoms with Crippen molar-refractivity contribution in [1.29, 1.82) is 0 Å². The van der Waals surface area contributed by atoms with E-state index in [9.17, 15) is 9.59 Å². The predicted octanol–water partition coefficient (Wildman–Crippen LogP) is 2.30. The third kappa shape index (κ3) is 3.46. The van der Waals surface area contributed by atoms with Crippen LogP contribution in [0.2, 0.25) is 5.02 Å². The molecule has 0 radical (unpaired) electrons. The molecule has 1 aromatic heterocycles. The molecule has 1 aromatic carbocycles. The number of hydrogen-bond acceptors (Lipinski definition) is 3. The molecule has 2 amide bonds. The predicted molar refractivity (Wildman–Crippen MR) is 98.3 cm³/mol. The minimum atomic E-state index is -0.142. The van der Waals surface area contributed by atoms with E-state index in [-0.39, 0.29) is 17.7 Å². The van der Waals surface area contributed by atoms with Crippen LogP contribution in [0.1, 0.15) is 46.3 Å². The van der Waals surface area contributed by atoms with Crippen molar-refractivity contribution in [2.45, 2.75) is 31.6 Å². The van der Waals surface area contributed by atoms with Crippen molar-refractivity contribution < 1.29 is 9.59 Å². The zero-order chi connectivity index (χ0) is 18.1. The Morgan fingerprint density at radius 2 is 2.04 bits per heavy atom. The van der Waals surface area contributed by atoms with Crippen LogP contribution in [-0.2, 0) is 17.6 Å². The molecule has 2 aliphatic heterocycles. The van der Waals surface area contributed by atoms with E-state index in [1.165, 1.54) is 0 Å². The summed E-state index contributed by atoms with van der Waals surface area (Å²) in [6.45, 7) is 2.04. The van der Waals surface area contributed by atoms with Crippen LogP contribution in [0.25, 0.3) is 0 Å². The average Bonchev–Trinajstić information content (AvgIpc) is 3.19. The first-order chi connectivity index (χ1) is 12.6. The first-order valence-electron chi connectivity index (χ1n) is 8.99. The Morgan fingerprint density at radius 1 is 1.23 bits per heavy atom. The second-order valence-electron chi connectivity index (χ2n) is 6.91. The van der Waals surface area contributed by atoms with Crippen molar-refractivity contribution in [1.82, 2.24) is 20.2 Å². The van der Waals surface area contributed by atoms with Gasteiger partial charge in [0, 0.05) is 49.1 Å². The molecule has 7 heteroatoms. The fourth-order valence-electron chi connectivity index (χ4n) is 3.69. The maximum Gasteiger partial charge on any atom is 0.271 e. The van der Waals surface area contributed by atoms with Gasteiger partial charge in [0.15, 0.2) is 0 Å². The smallest absolute Gasteiger partial charge is 0.271 e. The number of nitrogens with zero attached hydrogens (tertiary/aromatic N) is 2. The molecule has 1 fully saturated rings. The van der Waals surface area contributed by atoms with Crippen molar-refractivity contribution >= 4 is 23.4 Å². The Labute approximate surface area is 156 Å². The van der Waals surface area contributed by atoms with Crippen LogP contribution >= 0.6 is 11.6 Å².